The number of para-hydroxylation sites is 1. The van der Waals surface area contributed by atoms with Gasteiger partial charge in [0.25, 0.3) is 5.91 Å². The predicted octanol–water partition coefficient (Wildman–Crippen LogP) is 4.19. The van der Waals surface area contributed by atoms with Crippen LogP contribution in [0.3, 0.4) is 0 Å². The molecule has 2 rings (SSSR count). The molecule has 0 aliphatic heterocycles. The Morgan fingerprint density at radius 2 is 1.96 bits per heavy atom. The van der Waals surface area contributed by atoms with E-state index in [1.807, 2.05) is 13.0 Å². The lowest BCUT2D eigenvalue weighted by Gasteiger charge is -2.12. The summed E-state index contributed by atoms with van der Waals surface area (Å²) < 4.78 is 5.44. The third-order valence-electron chi connectivity index (χ3n) is 2.87. The summed E-state index contributed by atoms with van der Waals surface area (Å²) in [5, 5.41) is 6.66. The average Bonchev–Trinajstić information content (AvgIpc) is 2.48. The minimum Gasteiger partial charge on any atom is -0.483 e. The molecule has 2 N–H and O–H groups in total. The van der Waals surface area contributed by atoms with E-state index in [0.717, 1.165) is 5.56 Å². The summed E-state index contributed by atoms with van der Waals surface area (Å²) >= 11 is 16.9. The Morgan fingerprint density at radius 3 is 2.65 bits per heavy atom. The molecule has 0 heterocycles. The highest BCUT2D eigenvalue weighted by molar-refractivity contribution is 7.80. The zero-order valence-corrected chi connectivity index (χ0v) is 14.6. The van der Waals surface area contributed by atoms with Gasteiger partial charge in [0.15, 0.2) is 11.7 Å². The molecular weight excluding hydrogens is 355 g/mol. The second-order valence-electron chi connectivity index (χ2n) is 4.68. The quantitative estimate of drug-likeness (QED) is 0.794. The summed E-state index contributed by atoms with van der Waals surface area (Å²) in [6.07, 6.45) is 0. The first-order valence-electron chi connectivity index (χ1n) is 6.70. The maximum Gasteiger partial charge on any atom is 0.264 e. The summed E-state index contributed by atoms with van der Waals surface area (Å²) in [4.78, 5) is 11.9. The lowest BCUT2D eigenvalue weighted by atomic mass is 10.2. The van der Waals surface area contributed by atoms with Crippen LogP contribution in [-0.4, -0.2) is 17.6 Å². The Hall–Kier alpha value is -1.82. The minimum absolute atomic E-state index is 0.152. The molecular formula is C16H14Cl2N2O2S. The fourth-order valence-electron chi connectivity index (χ4n) is 1.80. The molecule has 0 fully saturated rings. The van der Waals surface area contributed by atoms with Gasteiger partial charge < -0.3 is 10.1 Å². The number of anilines is 1. The number of nitrogens with one attached hydrogen (secondary N) is 2. The van der Waals surface area contributed by atoms with E-state index in [0.29, 0.717) is 21.5 Å². The molecule has 0 saturated heterocycles. The Morgan fingerprint density at radius 1 is 1.22 bits per heavy atom. The van der Waals surface area contributed by atoms with Gasteiger partial charge in [-0.1, -0.05) is 35.3 Å². The molecule has 0 atom stereocenters. The molecule has 0 bridgehead atoms. The van der Waals surface area contributed by atoms with Gasteiger partial charge in [-0.15, -0.1) is 0 Å². The maximum absolute atomic E-state index is 11.9. The molecule has 0 aliphatic carbocycles. The molecule has 0 spiro atoms. The zero-order chi connectivity index (χ0) is 16.8. The van der Waals surface area contributed by atoms with Crippen LogP contribution in [0, 0.1) is 6.92 Å². The van der Waals surface area contributed by atoms with E-state index in [1.165, 1.54) is 0 Å². The number of aryl methyl sites for hydroxylation is 1. The van der Waals surface area contributed by atoms with Gasteiger partial charge in [0.2, 0.25) is 0 Å². The largest absolute Gasteiger partial charge is 0.483 e. The van der Waals surface area contributed by atoms with E-state index in [4.69, 9.17) is 40.2 Å². The van der Waals surface area contributed by atoms with Crippen LogP contribution in [0.5, 0.6) is 5.75 Å². The topological polar surface area (TPSA) is 50.4 Å². The first kappa shape index (κ1) is 17.5. The molecule has 0 saturated carbocycles. The maximum atomic E-state index is 11.9. The summed E-state index contributed by atoms with van der Waals surface area (Å²) in [6, 6.07) is 12.3. The van der Waals surface area contributed by atoms with Crippen LogP contribution in [0.15, 0.2) is 42.5 Å². The van der Waals surface area contributed by atoms with Crippen LogP contribution in [-0.2, 0) is 4.79 Å². The second kappa shape index (κ2) is 8.15. The number of carbonyl (C=O) groups is 1. The number of thiocarbonyl (C=S) groups is 1. The third-order valence-corrected chi connectivity index (χ3v) is 3.64. The Kier molecular flexibility index (Phi) is 6.21. The molecule has 2 aromatic carbocycles. The fraction of sp³-hybridized carbons (Fsp3) is 0.125. The van der Waals surface area contributed by atoms with Gasteiger partial charge in [0.05, 0.1) is 10.7 Å². The average molecular weight is 369 g/mol. The van der Waals surface area contributed by atoms with E-state index < -0.39 is 0 Å². The fourth-order valence-corrected chi connectivity index (χ4v) is 2.43. The number of ether oxygens (including phenoxy) is 1. The van der Waals surface area contributed by atoms with Crippen molar-refractivity contribution in [2.75, 3.05) is 11.9 Å². The van der Waals surface area contributed by atoms with Crippen molar-refractivity contribution in [1.29, 1.82) is 0 Å². The van der Waals surface area contributed by atoms with Crippen molar-refractivity contribution < 1.29 is 9.53 Å². The number of amides is 1. The van der Waals surface area contributed by atoms with Gasteiger partial charge in [-0.05, 0) is 55.0 Å². The van der Waals surface area contributed by atoms with Crippen molar-refractivity contribution in [2.45, 2.75) is 6.92 Å². The lowest BCUT2D eigenvalue weighted by Crippen LogP contribution is -2.37. The first-order valence-corrected chi connectivity index (χ1v) is 7.86. The van der Waals surface area contributed by atoms with Crippen LogP contribution >= 0.6 is 35.4 Å². The molecule has 0 aliphatic rings. The summed E-state index contributed by atoms with van der Waals surface area (Å²) in [5.41, 5.74) is 1.47. The summed E-state index contributed by atoms with van der Waals surface area (Å²) in [7, 11) is 0. The van der Waals surface area contributed by atoms with Gasteiger partial charge in [0.1, 0.15) is 5.75 Å². The molecule has 0 aromatic heterocycles. The lowest BCUT2D eigenvalue weighted by molar-refractivity contribution is -0.121. The minimum atomic E-state index is -0.371. The smallest absolute Gasteiger partial charge is 0.264 e. The number of halogens is 2. The molecule has 0 unspecified atom stereocenters. The van der Waals surface area contributed by atoms with Gasteiger partial charge in [-0.3, -0.25) is 10.1 Å². The number of hydrogen-bond acceptors (Lipinski definition) is 3. The van der Waals surface area contributed by atoms with Crippen molar-refractivity contribution in [1.82, 2.24) is 5.32 Å². The number of rotatable bonds is 4. The van der Waals surface area contributed by atoms with Crippen LogP contribution in [0.1, 0.15) is 5.56 Å². The van der Waals surface area contributed by atoms with Crippen molar-refractivity contribution in [3.8, 4) is 5.75 Å². The molecule has 0 radical (unpaired) electrons. The highest BCUT2D eigenvalue weighted by Gasteiger charge is 2.08. The monoisotopic (exact) mass is 368 g/mol. The van der Waals surface area contributed by atoms with Crippen molar-refractivity contribution in [2.24, 2.45) is 0 Å². The third kappa shape index (κ3) is 5.39. The van der Waals surface area contributed by atoms with Crippen LogP contribution < -0.4 is 15.4 Å². The number of carbonyl (C=O) groups excluding carboxylic acids is 1. The Labute approximate surface area is 149 Å². The van der Waals surface area contributed by atoms with Crippen LogP contribution in [0.25, 0.3) is 0 Å². The number of hydrogen-bond donors (Lipinski definition) is 2. The molecule has 2 aromatic rings. The zero-order valence-electron chi connectivity index (χ0n) is 12.2. The van der Waals surface area contributed by atoms with Gasteiger partial charge >= 0.3 is 0 Å². The first-order chi connectivity index (χ1) is 11.0. The van der Waals surface area contributed by atoms with Gasteiger partial charge in [-0.2, -0.15) is 0 Å². The SMILES string of the molecule is Cc1cc(Cl)ccc1OCC(=O)NC(=S)Nc1ccccc1Cl. The summed E-state index contributed by atoms with van der Waals surface area (Å²) in [6.45, 7) is 1.69. The molecule has 7 heteroatoms. The van der Waals surface area contributed by atoms with Gasteiger partial charge in [-0.25, -0.2) is 0 Å². The van der Waals surface area contributed by atoms with Crippen LogP contribution in [0.4, 0.5) is 5.69 Å². The molecule has 120 valence electrons. The summed E-state index contributed by atoms with van der Waals surface area (Å²) in [5.74, 6) is 0.221. The highest BCUT2D eigenvalue weighted by Crippen LogP contribution is 2.22. The predicted molar refractivity (Wildman–Crippen MR) is 97.5 cm³/mol. The normalized spacial score (nSPS) is 10.0. The number of benzene rings is 2. The molecule has 4 nitrogen and oxygen atoms in total. The molecule has 1 amide bonds. The Bertz CT molecular complexity index is 738. The van der Waals surface area contributed by atoms with E-state index in [9.17, 15) is 4.79 Å². The standard InChI is InChI=1S/C16H14Cl2N2O2S/c1-10-8-11(17)6-7-14(10)22-9-15(21)20-16(23)19-13-5-3-2-4-12(13)18/h2-8H,9H2,1H3,(H2,19,20,21,23). The van der Waals surface area contributed by atoms with Crippen molar-refractivity contribution in [3.63, 3.8) is 0 Å². The van der Waals surface area contributed by atoms with E-state index in [1.54, 1.807) is 36.4 Å². The van der Waals surface area contributed by atoms with E-state index >= 15 is 0 Å². The second-order valence-corrected chi connectivity index (χ2v) is 5.93. The highest BCUT2D eigenvalue weighted by atomic mass is 35.5. The van der Waals surface area contributed by atoms with Gasteiger partial charge in [0, 0.05) is 5.02 Å². The van der Waals surface area contributed by atoms with Crippen molar-refractivity contribution in [3.05, 3.63) is 58.1 Å². The molecule has 23 heavy (non-hydrogen) atoms. The Balaban J connectivity index is 1.85. The van der Waals surface area contributed by atoms with E-state index in [-0.39, 0.29) is 17.6 Å². The van der Waals surface area contributed by atoms with Crippen molar-refractivity contribution >= 4 is 52.1 Å². The van der Waals surface area contributed by atoms with E-state index in [2.05, 4.69) is 10.6 Å². The van der Waals surface area contributed by atoms with Crippen LogP contribution in [0.2, 0.25) is 10.0 Å².